The smallest absolute Gasteiger partial charge is 0.311 e. The van der Waals surface area contributed by atoms with Gasteiger partial charge < -0.3 is 63.1 Å². The third-order valence-electron chi connectivity index (χ3n) is 14.7. The van der Waals surface area contributed by atoms with Gasteiger partial charge in [0.25, 0.3) is 0 Å². The number of nitriles is 1. The lowest BCUT2D eigenvalue weighted by Crippen LogP contribution is -2.62. The number of hydrogen-bond donors (Lipinski definition) is 3. The molecule has 0 saturated carbocycles. The molecule has 3 N–H and O–H groups in total. The molecule has 0 spiro atoms. The van der Waals surface area contributed by atoms with Crippen LogP contribution in [0.3, 0.4) is 0 Å². The van der Waals surface area contributed by atoms with E-state index in [1.54, 1.807) is 41.5 Å². The van der Waals surface area contributed by atoms with E-state index in [4.69, 9.17) is 42.6 Å². The number of methoxy groups -OCH3 is 2. The lowest BCUT2D eigenvalue weighted by molar-refractivity contribution is -0.321. The first kappa shape index (κ1) is 59.3. The zero-order valence-electron chi connectivity index (χ0n) is 43.8. The molecular weight excluding hydrogens is 885 g/mol. The Morgan fingerprint density at radius 1 is 0.897 bits per heavy atom. The van der Waals surface area contributed by atoms with Crippen molar-refractivity contribution in [3.05, 3.63) is 0 Å². The number of nitrogens with zero attached hydrogens (tertiary/aromatic N) is 3. The van der Waals surface area contributed by atoms with E-state index in [0.717, 1.165) is 13.1 Å². The Kier molecular flexibility index (Phi) is 22.6. The molecule has 1 amide bonds. The van der Waals surface area contributed by atoms with Crippen LogP contribution >= 0.6 is 0 Å². The maximum atomic E-state index is 14.6. The number of carbonyl (C=O) groups excluding carboxylic acids is 4. The van der Waals surface area contributed by atoms with Gasteiger partial charge in [-0.25, -0.2) is 0 Å². The highest BCUT2D eigenvalue weighted by atomic mass is 16.7. The largest absolute Gasteiger partial charge is 0.459 e. The first-order valence-corrected chi connectivity index (χ1v) is 24.6. The topological polar surface area (TPSA) is 234 Å². The van der Waals surface area contributed by atoms with Crippen LogP contribution in [-0.4, -0.2) is 182 Å². The molecule has 3 aliphatic heterocycles. The number of nitrogens with one attached hydrogen (secondary N) is 1. The fourth-order valence-corrected chi connectivity index (χ4v) is 10.2. The van der Waals surface area contributed by atoms with E-state index in [1.807, 2.05) is 46.6 Å². The van der Waals surface area contributed by atoms with Gasteiger partial charge in [0.05, 0.1) is 60.5 Å². The molecule has 18 atom stereocenters. The van der Waals surface area contributed by atoms with Crippen LogP contribution in [0.5, 0.6) is 0 Å². The standard InChI is InChI=1S/C49H86N4O15/c1-17-36-49(13,59)41(56)32(8)51-44(57)28(4)26-47(11,60-15)42(68-46-40(64-34(10)54)35(25-29(5)62-46)52(14)23-20-22-50)30(6)39(31(7)45(58)65-36)67-38-27-48(12,61-16)43(33(9)63-38)66-37(55)21-24-53(18-2)19-3/h28-33,35-36,38-43,46,56,59H,17-21,23-27H2,1-16H3,(H,51,57)/t28-,29-,30+,31-,32-,33+,35+,36-,38+,39+,40-,41-,42-,43+,46+,47-,48-,49-/m1/s1. The summed E-state index contributed by atoms with van der Waals surface area (Å²) in [5, 5.41) is 35.6. The van der Waals surface area contributed by atoms with Crippen LogP contribution in [0.15, 0.2) is 0 Å². The second-order valence-corrected chi connectivity index (χ2v) is 20.0. The Labute approximate surface area is 405 Å². The first-order chi connectivity index (χ1) is 31.8. The van der Waals surface area contributed by atoms with Crippen LogP contribution in [0.1, 0.15) is 129 Å². The van der Waals surface area contributed by atoms with E-state index < -0.39 is 132 Å². The molecule has 0 aliphatic carbocycles. The molecule has 19 heteroatoms. The van der Waals surface area contributed by atoms with Gasteiger partial charge in [0.1, 0.15) is 23.4 Å². The van der Waals surface area contributed by atoms with Gasteiger partial charge in [0.15, 0.2) is 24.8 Å². The minimum absolute atomic E-state index is 0.0265. The second kappa shape index (κ2) is 25.9. The number of esters is 3. The molecule has 3 aliphatic rings. The summed E-state index contributed by atoms with van der Waals surface area (Å²) in [6.45, 7) is 24.8. The van der Waals surface area contributed by atoms with E-state index in [9.17, 15) is 34.7 Å². The Morgan fingerprint density at radius 2 is 1.51 bits per heavy atom. The Balaban J connectivity index is 2.25. The minimum atomic E-state index is -2.01. The van der Waals surface area contributed by atoms with Crippen molar-refractivity contribution >= 4 is 23.8 Å². The van der Waals surface area contributed by atoms with Crippen LogP contribution in [0.4, 0.5) is 0 Å². The van der Waals surface area contributed by atoms with Gasteiger partial charge in [-0.3, -0.25) is 24.1 Å². The van der Waals surface area contributed by atoms with Crippen LogP contribution < -0.4 is 5.32 Å². The number of aliphatic hydroxyl groups excluding tert-OH is 1. The third-order valence-corrected chi connectivity index (χ3v) is 14.7. The summed E-state index contributed by atoms with van der Waals surface area (Å²) in [5.41, 5.74) is -4.50. The summed E-state index contributed by atoms with van der Waals surface area (Å²) in [5.74, 6) is -4.96. The van der Waals surface area contributed by atoms with E-state index in [-0.39, 0.29) is 32.1 Å². The highest BCUT2D eigenvalue weighted by Crippen LogP contribution is 2.42. The normalized spacial score (nSPS) is 40.1. The van der Waals surface area contributed by atoms with Crippen LogP contribution in [-0.2, 0) is 61.8 Å². The van der Waals surface area contributed by atoms with Crippen LogP contribution in [0.2, 0.25) is 0 Å². The van der Waals surface area contributed by atoms with Gasteiger partial charge >= 0.3 is 17.9 Å². The van der Waals surface area contributed by atoms with Crippen LogP contribution in [0, 0.1) is 29.1 Å². The van der Waals surface area contributed by atoms with Gasteiger partial charge in [-0.05, 0) is 87.9 Å². The predicted molar refractivity (Wildman–Crippen MR) is 249 cm³/mol. The van der Waals surface area contributed by atoms with Crippen LogP contribution in [0.25, 0.3) is 0 Å². The molecule has 3 rings (SSSR count). The van der Waals surface area contributed by atoms with E-state index in [1.165, 1.54) is 28.1 Å². The number of likely N-dealkylation sites (N-methyl/N-ethyl adjacent to an activating group) is 1. The SMILES string of the molecule is CC[C@H]1OC(=O)[C@H](C)[C@@H](O[C@H]2C[C@@](C)(OC)[C@@H](OC(=O)CCN(CC)CC)[C@H](C)O2)[C@H](C)[C@@H](O[C@@H]2O[C@H](C)C[C@H](N(C)CCC#N)[C@H]2OC(C)=O)[C@](C)(OC)C[C@@H](C)C(=O)N[C@H](C)[C@@H](O)[C@]1(C)O. The summed E-state index contributed by atoms with van der Waals surface area (Å²) < 4.78 is 57.7. The number of cyclic esters (lactones) is 1. The minimum Gasteiger partial charge on any atom is -0.459 e. The van der Waals surface area contributed by atoms with Crippen molar-refractivity contribution < 1.29 is 72.0 Å². The summed E-state index contributed by atoms with van der Waals surface area (Å²) in [6, 6.07) is 0.758. The number of ether oxygens (including phenoxy) is 9. The van der Waals surface area contributed by atoms with Gasteiger partial charge in [0.2, 0.25) is 5.91 Å². The predicted octanol–water partition coefficient (Wildman–Crippen LogP) is 3.88. The summed E-state index contributed by atoms with van der Waals surface area (Å²) in [6.07, 6.45) is -9.24. The zero-order chi connectivity index (χ0) is 51.5. The van der Waals surface area contributed by atoms with E-state index in [0.29, 0.717) is 19.5 Å². The summed E-state index contributed by atoms with van der Waals surface area (Å²) in [4.78, 5) is 58.8. The summed E-state index contributed by atoms with van der Waals surface area (Å²) >= 11 is 0. The van der Waals surface area contributed by atoms with Crippen molar-refractivity contribution in [3.63, 3.8) is 0 Å². The average molecular weight is 971 g/mol. The molecule has 0 aromatic rings. The maximum Gasteiger partial charge on any atom is 0.311 e. The Hall–Kier alpha value is -3.03. The van der Waals surface area contributed by atoms with Crippen molar-refractivity contribution in [1.82, 2.24) is 15.1 Å². The highest BCUT2D eigenvalue weighted by molar-refractivity contribution is 5.78. The Bertz CT molecular complexity index is 1680. The fourth-order valence-electron chi connectivity index (χ4n) is 10.2. The number of aliphatic hydroxyl groups is 2. The van der Waals surface area contributed by atoms with Crippen molar-refractivity contribution in [2.75, 3.05) is 47.4 Å². The van der Waals surface area contributed by atoms with E-state index >= 15 is 0 Å². The molecule has 0 aromatic heterocycles. The molecule has 0 unspecified atom stereocenters. The zero-order valence-corrected chi connectivity index (χ0v) is 43.8. The molecule has 3 fully saturated rings. The highest BCUT2D eigenvalue weighted by Gasteiger charge is 2.55. The van der Waals surface area contributed by atoms with Crippen molar-refractivity contribution in [1.29, 1.82) is 5.26 Å². The average Bonchev–Trinajstić information content (AvgIpc) is 3.28. The van der Waals surface area contributed by atoms with E-state index in [2.05, 4.69) is 16.3 Å². The van der Waals surface area contributed by atoms with Gasteiger partial charge in [-0.1, -0.05) is 34.6 Å². The molecule has 3 saturated heterocycles. The van der Waals surface area contributed by atoms with Gasteiger partial charge in [-0.2, -0.15) is 5.26 Å². The molecule has 19 nitrogen and oxygen atoms in total. The number of carbonyl (C=O) groups is 4. The number of amides is 1. The molecule has 3 heterocycles. The molecule has 0 bridgehead atoms. The number of rotatable bonds is 17. The summed E-state index contributed by atoms with van der Waals surface area (Å²) in [7, 11) is 4.84. The molecule has 68 heavy (non-hydrogen) atoms. The maximum absolute atomic E-state index is 14.6. The molecule has 0 aromatic carbocycles. The lowest BCUT2D eigenvalue weighted by Gasteiger charge is -2.50. The number of hydrogen-bond acceptors (Lipinski definition) is 18. The lowest BCUT2D eigenvalue weighted by atomic mass is 9.77. The Morgan fingerprint density at radius 3 is 2.07 bits per heavy atom. The first-order valence-electron chi connectivity index (χ1n) is 24.6. The van der Waals surface area contributed by atoms with Crippen molar-refractivity contribution in [2.24, 2.45) is 17.8 Å². The molecule has 392 valence electrons. The quantitative estimate of drug-likeness (QED) is 0.139. The monoisotopic (exact) mass is 971 g/mol. The van der Waals surface area contributed by atoms with Gasteiger partial charge in [-0.15, -0.1) is 0 Å². The van der Waals surface area contributed by atoms with Crippen molar-refractivity contribution in [2.45, 2.75) is 219 Å². The van der Waals surface area contributed by atoms with Crippen molar-refractivity contribution in [3.8, 4) is 6.07 Å². The molecule has 0 radical (unpaired) electrons. The molecular formula is C49H86N4O15. The third kappa shape index (κ3) is 14.8. The second-order valence-electron chi connectivity index (χ2n) is 20.0. The fraction of sp³-hybridized carbons (Fsp3) is 0.898. The van der Waals surface area contributed by atoms with Gasteiger partial charge in [0, 0.05) is 58.9 Å².